The van der Waals surface area contributed by atoms with Crippen molar-refractivity contribution in [3.8, 4) is 0 Å². The van der Waals surface area contributed by atoms with Gasteiger partial charge in [0.1, 0.15) is 5.82 Å². The molecule has 0 saturated carbocycles. The van der Waals surface area contributed by atoms with E-state index < -0.39 is 0 Å². The molecule has 0 radical (unpaired) electrons. The first-order valence-corrected chi connectivity index (χ1v) is 4.83. The number of nitrogens with one attached hydrogen (secondary N) is 1. The van der Waals surface area contributed by atoms with Gasteiger partial charge in [-0.2, -0.15) is 0 Å². The minimum Gasteiger partial charge on any atom is -0.360 e. The van der Waals surface area contributed by atoms with E-state index >= 15 is 0 Å². The predicted molar refractivity (Wildman–Crippen MR) is 58.6 cm³/mol. The van der Waals surface area contributed by atoms with Crippen LogP contribution in [0, 0.1) is 5.82 Å². The van der Waals surface area contributed by atoms with Crippen LogP contribution in [-0.4, -0.2) is 10.7 Å². The van der Waals surface area contributed by atoms with Crippen LogP contribution in [-0.2, 0) is 0 Å². The van der Waals surface area contributed by atoms with Gasteiger partial charge in [-0.1, -0.05) is 6.08 Å². The van der Waals surface area contributed by atoms with Crippen molar-refractivity contribution < 1.29 is 4.39 Å². The van der Waals surface area contributed by atoms with E-state index in [1.807, 2.05) is 12.3 Å². The van der Waals surface area contributed by atoms with Crippen LogP contribution in [0.25, 0.3) is 10.9 Å². The van der Waals surface area contributed by atoms with Crippen LogP contribution in [0.3, 0.4) is 0 Å². The maximum atomic E-state index is 13.1. The molecule has 0 amide bonds. The summed E-state index contributed by atoms with van der Waals surface area (Å²) in [6.07, 6.45) is 6.49. The Labute approximate surface area is 86.1 Å². The highest BCUT2D eigenvalue weighted by molar-refractivity contribution is 6.12. The minimum atomic E-state index is -0.213. The zero-order valence-corrected chi connectivity index (χ0v) is 8.00. The van der Waals surface area contributed by atoms with Crippen LogP contribution < -0.4 is 0 Å². The van der Waals surface area contributed by atoms with Crippen molar-refractivity contribution in [2.45, 2.75) is 6.42 Å². The number of nitrogens with zero attached hydrogens (tertiary/aromatic N) is 1. The number of halogens is 1. The summed E-state index contributed by atoms with van der Waals surface area (Å²) in [6, 6.07) is 4.75. The van der Waals surface area contributed by atoms with Crippen LogP contribution in [0.4, 0.5) is 4.39 Å². The van der Waals surface area contributed by atoms with Crippen LogP contribution in [0.5, 0.6) is 0 Å². The van der Waals surface area contributed by atoms with Crippen molar-refractivity contribution in [1.29, 1.82) is 0 Å². The Bertz CT molecular complexity index is 578. The van der Waals surface area contributed by atoms with E-state index in [9.17, 15) is 4.39 Å². The molecule has 1 aliphatic heterocycles. The average molecular weight is 200 g/mol. The highest BCUT2D eigenvalue weighted by atomic mass is 19.1. The largest absolute Gasteiger partial charge is 0.360 e. The number of hydrogen-bond donors (Lipinski definition) is 1. The second kappa shape index (κ2) is 3.05. The Morgan fingerprint density at radius 1 is 1.33 bits per heavy atom. The number of aromatic nitrogens is 1. The van der Waals surface area contributed by atoms with Gasteiger partial charge in [-0.15, -0.1) is 0 Å². The summed E-state index contributed by atoms with van der Waals surface area (Å²) >= 11 is 0. The molecule has 1 aromatic carbocycles. The summed E-state index contributed by atoms with van der Waals surface area (Å²) in [5.41, 5.74) is 2.93. The van der Waals surface area contributed by atoms with Gasteiger partial charge in [0, 0.05) is 35.3 Å². The second-order valence-electron chi connectivity index (χ2n) is 3.56. The van der Waals surface area contributed by atoms with Crippen molar-refractivity contribution in [3.63, 3.8) is 0 Å². The van der Waals surface area contributed by atoms with E-state index in [0.29, 0.717) is 0 Å². The SMILES string of the molecule is Fc1ccc2[nH]cc(C3=NC=CC3)c2c1. The van der Waals surface area contributed by atoms with Gasteiger partial charge in [0.15, 0.2) is 0 Å². The normalized spacial score (nSPS) is 14.9. The van der Waals surface area contributed by atoms with Gasteiger partial charge < -0.3 is 4.98 Å². The third kappa shape index (κ3) is 1.28. The summed E-state index contributed by atoms with van der Waals surface area (Å²) in [7, 11) is 0. The van der Waals surface area contributed by atoms with Gasteiger partial charge >= 0.3 is 0 Å². The summed E-state index contributed by atoms with van der Waals surface area (Å²) in [6.45, 7) is 0. The van der Waals surface area contributed by atoms with Crippen molar-refractivity contribution >= 4 is 16.6 Å². The minimum absolute atomic E-state index is 0.213. The van der Waals surface area contributed by atoms with Crippen molar-refractivity contribution in [2.24, 2.45) is 4.99 Å². The van der Waals surface area contributed by atoms with Crippen LogP contribution in [0.1, 0.15) is 12.0 Å². The third-order valence-electron chi connectivity index (χ3n) is 2.60. The monoisotopic (exact) mass is 200 g/mol. The molecule has 3 rings (SSSR count). The lowest BCUT2D eigenvalue weighted by Crippen LogP contribution is -1.94. The summed E-state index contributed by atoms with van der Waals surface area (Å²) in [4.78, 5) is 7.37. The van der Waals surface area contributed by atoms with Crippen LogP contribution in [0.15, 0.2) is 41.7 Å². The molecule has 0 bridgehead atoms. The molecule has 0 fully saturated rings. The number of rotatable bonds is 1. The molecule has 2 heterocycles. The topological polar surface area (TPSA) is 28.1 Å². The molecule has 2 aromatic rings. The van der Waals surface area contributed by atoms with E-state index in [4.69, 9.17) is 0 Å². The standard InChI is InChI=1S/C12H9FN2/c13-8-3-4-12-9(6-8)10(7-15-12)11-2-1-5-14-11/h1,3-7,15H,2H2. The zero-order chi connectivity index (χ0) is 10.3. The summed E-state index contributed by atoms with van der Waals surface area (Å²) in [5, 5.41) is 0.900. The molecule has 0 saturated heterocycles. The number of H-pyrrole nitrogens is 1. The molecule has 1 aromatic heterocycles. The van der Waals surface area contributed by atoms with Gasteiger partial charge in [0.25, 0.3) is 0 Å². The third-order valence-corrected chi connectivity index (χ3v) is 2.60. The molecule has 0 unspecified atom stereocenters. The lowest BCUT2D eigenvalue weighted by molar-refractivity contribution is 0.629. The van der Waals surface area contributed by atoms with E-state index in [-0.39, 0.29) is 5.82 Å². The Morgan fingerprint density at radius 3 is 3.07 bits per heavy atom. The molecule has 1 N–H and O–H groups in total. The Balaban J connectivity index is 2.23. The number of hydrogen-bond acceptors (Lipinski definition) is 1. The molecule has 3 heteroatoms. The predicted octanol–water partition coefficient (Wildman–Crippen LogP) is 3.01. The van der Waals surface area contributed by atoms with E-state index in [0.717, 1.165) is 28.6 Å². The highest BCUT2D eigenvalue weighted by Crippen LogP contribution is 2.22. The van der Waals surface area contributed by atoms with E-state index in [1.165, 1.54) is 6.07 Å². The van der Waals surface area contributed by atoms with Crippen molar-refractivity contribution in [3.05, 3.63) is 48.1 Å². The summed E-state index contributed by atoms with van der Waals surface area (Å²) in [5.74, 6) is -0.213. The van der Waals surface area contributed by atoms with Crippen LogP contribution >= 0.6 is 0 Å². The molecule has 74 valence electrons. The van der Waals surface area contributed by atoms with Crippen molar-refractivity contribution in [2.75, 3.05) is 0 Å². The fourth-order valence-electron chi connectivity index (χ4n) is 1.87. The van der Waals surface area contributed by atoms with Gasteiger partial charge in [0.05, 0.1) is 5.71 Å². The molecule has 1 aliphatic rings. The number of allylic oxidation sites excluding steroid dienone is 1. The molecule has 0 aliphatic carbocycles. The van der Waals surface area contributed by atoms with Gasteiger partial charge in [-0.05, 0) is 18.2 Å². The van der Waals surface area contributed by atoms with Gasteiger partial charge in [-0.25, -0.2) is 4.39 Å². The highest BCUT2D eigenvalue weighted by Gasteiger charge is 2.11. The fraction of sp³-hybridized carbons (Fsp3) is 0.0833. The van der Waals surface area contributed by atoms with E-state index in [2.05, 4.69) is 9.98 Å². The Kier molecular flexibility index (Phi) is 1.71. The number of aromatic amines is 1. The number of aliphatic imine (C=N–C) groups is 1. The van der Waals surface area contributed by atoms with Gasteiger partial charge in [-0.3, -0.25) is 4.99 Å². The Morgan fingerprint density at radius 2 is 2.27 bits per heavy atom. The maximum absolute atomic E-state index is 13.1. The molecule has 0 atom stereocenters. The fourth-order valence-corrected chi connectivity index (χ4v) is 1.87. The lowest BCUT2D eigenvalue weighted by atomic mass is 10.1. The molecular formula is C12H9FN2. The quantitative estimate of drug-likeness (QED) is 0.733. The van der Waals surface area contributed by atoms with Gasteiger partial charge in [0.2, 0.25) is 0 Å². The van der Waals surface area contributed by atoms with Crippen molar-refractivity contribution in [1.82, 2.24) is 4.98 Å². The average Bonchev–Trinajstić information content (AvgIpc) is 2.83. The zero-order valence-electron chi connectivity index (χ0n) is 8.00. The number of fused-ring (bicyclic) bond motifs is 1. The second-order valence-corrected chi connectivity index (χ2v) is 3.56. The smallest absolute Gasteiger partial charge is 0.123 e. The van der Waals surface area contributed by atoms with Crippen LogP contribution in [0.2, 0.25) is 0 Å². The molecule has 15 heavy (non-hydrogen) atoms. The Hall–Kier alpha value is -1.90. The molecular weight excluding hydrogens is 191 g/mol. The number of benzene rings is 1. The first-order chi connectivity index (χ1) is 7.34. The maximum Gasteiger partial charge on any atom is 0.123 e. The molecule has 0 spiro atoms. The lowest BCUT2D eigenvalue weighted by Gasteiger charge is -1.97. The first-order valence-electron chi connectivity index (χ1n) is 4.83. The molecule has 2 nitrogen and oxygen atoms in total. The first kappa shape index (κ1) is 8.41. The van der Waals surface area contributed by atoms with E-state index in [1.54, 1.807) is 18.3 Å². The summed E-state index contributed by atoms with van der Waals surface area (Å²) < 4.78 is 13.1.